The van der Waals surface area contributed by atoms with E-state index in [1.807, 2.05) is 0 Å². The van der Waals surface area contributed by atoms with E-state index in [1.54, 1.807) is 0 Å². The maximum atomic E-state index is 5.99. The highest BCUT2D eigenvalue weighted by Gasteiger charge is 2.21. The van der Waals surface area contributed by atoms with Gasteiger partial charge >= 0.3 is 0 Å². The fourth-order valence-electron chi connectivity index (χ4n) is 2.26. The summed E-state index contributed by atoms with van der Waals surface area (Å²) in [6.07, 6.45) is 2.69. The summed E-state index contributed by atoms with van der Waals surface area (Å²) in [6, 6.07) is 8.75. The van der Waals surface area contributed by atoms with Crippen molar-refractivity contribution >= 4 is 0 Å². The van der Waals surface area contributed by atoms with Crippen LogP contribution in [0, 0.1) is 5.92 Å². The molecule has 2 heteroatoms. The highest BCUT2D eigenvalue weighted by molar-refractivity contribution is 5.21. The van der Waals surface area contributed by atoms with Crippen LogP contribution in [0.5, 0.6) is 0 Å². The van der Waals surface area contributed by atoms with Crippen molar-refractivity contribution in [2.45, 2.75) is 39.4 Å². The largest absolute Gasteiger partial charge is 0.372 e. The molecule has 2 atom stereocenters. The molecule has 1 aromatic rings. The van der Waals surface area contributed by atoms with Gasteiger partial charge in [0, 0.05) is 6.54 Å². The summed E-state index contributed by atoms with van der Waals surface area (Å²) in [5.41, 5.74) is 2.67. The fourth-order valence-corrected chi connectivity index (χ4v) is 2.26. The number of ether oxygens (including phenoxy) is 1. The molecule has 0 saturated carbocycles. The zero-order chi connectivity index (χ0) is 12.1. The van der Waals surface area contributed by atoms with Crippen molar-refractivity contribution in [3.05, 3.63) is 35.4 Å². The van der Waals surface area contributed by atoms with Crippen molar-refractivity contribution < 1.29 is 4.74 Å². The molecule has 1 heterocycles. The van der Waals surface area contributed by atoms with E-state index >= 15 is 0 Å². The summed E-state index contributed by atoms with van der Waals surface area (Å²) >= 11 is 0. The molecular weight excluding hydrogens is 210 g/mol. The number of rotatable bonds is 4. The summed E-state index contributed by atoms with van der Waals surface area (Å²) in [4.78, 5) is 0. The molecule has 0 spiro atoms. The Kier molecular flexibility index (Phi) is 4.57. The minimum absolute atomic E-state index is 0.370. The molecule has 2 nitrogen and oxygen atoms in total. The Hall–Kier alpha value is -0.860. The van der Waals surface area contributed by atoms with Crippen molar-refractivity contribution in [3.63, 3.8) is 0 Å². The van der Waals surface area contributed by atoms with Gasteiger partial charge in [-0.1, -0.05) is 38.1 Å². The molecule has 17 heavy (non-hydrogen) atoms. The van der Waals surface area contributed by atoms with Gasteiger partial charge in [0.2, 0.25) is 0 Å². The summed E-state index contributed by atoms with van der Waals surface area (Å²) in [5.74, 6) is 0.672. The Morgan fingerprint density at radius 1 is 1.24 bits per heavy atom. The molecular formula is C15H23NO. The molecule has 0 amide bonds. The van der Waals surface area contributed by atoms with Crippen LogP contribution in [0.2, 0.25) is 0 Å². The van der Waals surface area contributed by atoms with Crippen LogP contribution in [0.3, 0.4) is 0 Å². The lowest BCUT2D eigenvalue weighted by molar-refractivity contribution is -0.00658. The van der Waals surface area contributed by atoms with E-state index in [0.29, 0.717) is 12.0 Å². The Balaban J connectivity index is 1.84. The van der Waals surface area contributed by atoms with E-state index in [4.69, 9.17) is 4.74 Å². The molecule has 1 N–H and O–H groups in total. The highest BCUT2D eigenvalue weighted by atomic mass is 16.5. The molecule has 1 fully saturated rings. The normalized spacial score (nSPS) is 24.8. The van der Waals surface area contributed by atoms with Crippen molar-refractivity contribution in [2.75, 3.05) is 13.1 Å². The maximum Gasteiger partial charge on any atom is 0.0729 e. The quantitative estimate of drug-likeness (QED) is 0.863. The lowest BCUT2D eigenvalue weighted by Crippen LogP contribution is -2.40. The number of hydrogen-bond donors (Lipinski definition) is 1. The van der Waals surface area contributed by atoms with E-state index in [-0.39, 0.29) is 0 Å². The second kappa shape index (κ2) is 6.18. The molecule has 0 aromatic heterocycles. The lowest BCUT2D eigenvalue weighted by atomic mass is 9.97. The molecule has 0 aliphatic carbocycles. The number of aryl methyl sites for hydroxylation is 1. The van der Waals surface area contributed by atoms with Gasteiger partial charge in [0.15, 0.2) is 0 Å². The standard InChI is InChI=1S/C15H23NO/c1-3-13-4-6-14(7-5-13)11-17-15-10-16-9-8-12(15)2/h4-7,12,15-16H,3,8-11H2,1-2H3. The molecule has 0 bridgehead atoms. The van der Waals surface area contributed by atoms with E-state index < -0.39 is 0 Å². The molecule has 1 saturated heterocycles. The molecule has 1 aliphatic rings. The average Bonchev–Trinajstić information content (AvgIpc) is 2.38. The van der Waals surface area contributed by atoms with Gasteiger partial charge in [0.1, 0.15) is 0 Å². The van der Waals surface area contributed by atoms with Gasteiger partial charge in [-0.05, 0) is 36.4 Å². The van der Waals surface area contributed by atoms with Crippen molar-refractivity contribution in [1.29, 1.82) is 0 Å². The summed E-state index contributed by atoms with van der Waals surface area (Å²) in [7, 11) is 0. The Bertz CT molecular complexity index is 333. The lowest BCUT2D eigenvalue weighted by Gasteiger charge is -2.29. The molecule has 1 aromatic carbocycles. The van der Waals surface area contributed by atoms with Crippen LogP contribution in [0.25, 0.3) is 0 Å². The monoisotopic (exact) mass is 233 g/mol. The third-order valence-electron chi connectivity index (χ3n) is 3.65. The number of piperidine rings is 1. The topological polar surface area (TPSA) is 21.3 Å². The second-order valence-electron chi connectivity index (χ2n) is 4.99. The summed E-state index contributed by atoms with van der Waals surface area (Å²) < 4.78 is 5.99. The van der Waals surface area contributed by atoms with Crippen LogP contribution >= 0.6 is 0 Å². The highest BCUT2D eigenvalue weighted by Crippen LogP contribution is 2.16. The Labute approximate surface area is 104 Å². The van der Waals surface area contributed by atoms with Gasteiger partial charge < -0.3 is 10.1 Å². The maximum absolute atomic E-state index is 5.99. The summed E-state index contributed by atoms with van der Waals surface area (Å²) in [6.45, 7) is 7.33. The summed E-state index contributed by atoms with van der Waals surface area (Å²) in [5, 5.41) is 3.39. The Morgan fingerprint density at radius 3 is 2.59 bits per heavy atom. The molecule has 2 unspecified atom stereocenters. The first-order valence-electron chi connectivity index (χ1n) is 6.69. The van der Waals surface area contributed by atoms with Crippen LogP contribution in [-0.2, 0) is 17.8 Å². The predicted octanol–water partition coefficient (Wildman–Crippen LogP) is 2.76. The number of benzene rings is 1. The van der Waals surface area contributed by atoms with Crippen molar-refractivity contribution in [3.8, 4) is 0 Å². The van der Waals surface area contributed by atoms with E-state index in [2.05, 4.69) is 43.4 Å². The molecule has 94 valence electrons. The van der Waals surface area contributed by atoms with Gasteiger partial charge in [0.05, 0.1) is 12.7 Å². The van der Waals surface area contributed by atoms with E-state index in [9.17, 15) is 0 Å². The van der Waals surface area contributed by atoms with Gasteiger partial charge in [-0.25, -0.2) is 0 Å². The van der Waals surface area contributed by atoms with Crippen LogP contribution < -0.4 is 5.32 Å². The second-order valence-corrected chi connectivity index (χ2v) is 4.99. The third kappa shape index (κ3) is 3.55. The van der Waals surface area contributed by atoms with Crippen LogP contribution in [0.15, 0.2) is 24.3 Å². The zero-order valence-electron chi connectivity index (χ0n) is 10.9. The van der Waals surface area contributed by atoms with Crippen LogP contribution in [0.1, 0.15) is 31.4 Å². The SMILES string of the molecule is CCc1ccc(COC2CNCCC2C)cc1. The van der Waals surface area contributed by atoms with Gasteiger partial charge in [0.25, 0.3) is 0 Å². The predicted molar refractivity (Wildman–Crippen MR) is 71.0 cm³/mol. The van der Waals surface area contributed by atoms with Gasteiger partial charge in [-0.15, -0.1) is 0 Å². The van der Waals surface area contributed by atoms with Crippen LogP contribution in [0.4, 0.5) is 0 Å². The minimum Gasteiger partial charge on any atom is -0.372 e. The fraction of sp³-hybridized carbons (Fsp3) is 0.600. The van der Waals surface area contributed by atoms with Gasteiger partial charge in [-0.3, -0.25) is 0 Å². The van der Waals surface area contributed by atoms with Crippen LogP contribution in [-0.4, -0.2) is 19.2 Å². The smallest absolute Gasteiger partial charge is 0.0729 e. The van der Waals surface area contributed by atoms with E-state index in [0.717, 1.165) is 26.1 Å². The molecule has 2 rings (SSSR count). The number of nitrogens with one attached hydrogen (secondary N) is 1. The zero-order valence-corrected chi connectivity index (χ0v) is 10.9. The number of hydrogen-bond acceptors (Lipinski definition) is 2. The van der Waals surface area contributed by atoms with Crippen molar-refractivity contribution in [2.24, 2.45) is 5.92 Å². The van der Waals surface area contributed by atoms with E-state index in [1.165, 1.54) is 17.5 Å². The minimum atomic E-state index is 0.370. The molecule has 1 aliphatic heterocycles. The van der Waals surface area contributed by atoms with Crippen molar-refractivity contribution in [1.82, 2.24) is 5.32 Å². The third-order valence-corrected chi connectivity index (χ3v) is 3.65. The first-order chi connectivity index (χ1) is 8.29. The van der Waals surface area contributed by atoms with Gasteiger partial charge in [-0.2, -0.15) is 0 Å². The first-order valence-corrected chi connectivity index (χ1v) is 6.69. The average molecular weight is 233 g/mol. The first kappa shape index (κ1) is 12.6. The molecule has 0 radical (unpaired) electrons. The Morgan fingerprint density at radius 2 is 1.94 bits per heavy atom.